The van der Waals surface area contributed by atoms with Crippen LogP contribution in [0.15, 0.2) is 60.7 Å². The van der Waals surface area contributed by atoms with E-state index in [2.05, 4.69) is 11.4 Å². The van der Waals surface area contributed by atoms with E-state index in [4.69, 9.17) is 10.00 Å². The van der Waals surface area contributed by atoms with Crippen molar-refractivity contribution >= 4 is 11.9 Å². The third-order valence-corrected chi connectivity index (χ3v) is 4.14. The predicted molar refractivity (Wildman–Crippen MR) is 98.1 cm³/mol. The molecule has 0 spiro atoms. The van der Waals surface area contributed by atoms with Crippen LogP contribution in [0.4, 0.5) is 0 Å². The number of methoxy groups -OCH3 is 1. The normalized spacial score (nSPS) is 12.7. The van der Waals surface area contributed by atoms with Gasteiger partial charge in [0, 0.05) is 5.92 Å². The van der Waals surface area contributed by atoms with Crippen LogP contribution in [-0.4, -0.2) is 25.0 Å². The predicted octanol–water partition coefficient (Wildman–Crippen LogP) is 3.03. The van der Waals surface area contributed by atoms with Gasteiger partial charge >= 0.3 is 5.97 Å². The van der Waals surface area contributed by atoms with Crippen molar-refractivity contribution in [1.29, 1.82) is 5.26 Å². The summed E-state index contributed by atoms with van der Waals surface area (Å²) < 4.78 is 4.79. The zero-order valence-corrected chi connectivity index (χ0v) is 14.9. The molecule has 2 aromatic rings. The standard InChI is InChI=1S/C21H22N2O3/c1-15(14-22)13-18(21(25)26-2)23-20(24)19(16-9-5-3-6-10-16)17-11-7-4-8-12-17/h3-12,15,18-19H,13H2,1-2H3,(H,23,24)/t15-,18+/m1/s1. The summed E-state index contributed by atoms with van der Waals surface area (Å²) in [6.07, 6.45) is 0.200. The summed E-state index contributed by atoms with van der Waals surface area (Å²) in [6, 6.07) is 20.0. The minimum absolute atomic E-state index is 0.200. The molecule has 134 valence electrons. The Labute approximate surface area is 153 Å². The van der Waals surface area contributed by atoms with Crippen molar-refractivity contribution < 1.29 is 14.3 Å². The van der Waals surface area contributed by atoms with Gasteiger partial charge in [0.25, 0.3) is 0 Å². The van der Waals surface area contributed by atoms with Gasteiger partial charge in [0.1, 0.15) is 6.04 Å². The van der Waals surface area contributed by atoms with Crippen molar-refractivity contribution in [3.8, 4) is 6.07 Å². The van der Waals surface area contributed by atoms with Crippen LogP contribution >= 0.6 is 0 Å². The summed E-state index contributed by atoms with van der Waals surface area (Å²) in [7, 11) is 1.27. The van der Waals surface area contributed by atoms with Crippen molar-refractivity contribution in [3.05, 3.63) is 71.8 Å². The van der Waals surface area contributed by atoms with E-state index in [-0.39, 0.29) is 18.2 Å². The van der Waals surface area contributed by atoms with Gasteiger partial charge in [0.15, 0.2) is 0 Å². The quantitative estimate of drug-likeness (QED) is 0.779. The topological polar surface area (TPSA) is 79.2 Å². The van der Waals surface area contributed by atoms with Crippen LogP contribution in [0.3, 0.4) is 0 Å². The molecule has 1 N–H and O–H groups in total. The maximum atomic E-state index is 13.0. The summed E-state index contributed by atoms with van der Waals surface area (Å²) in [6.45, 7) is 1.70. The van der Waals surface area contributed by atoms with Gasteiger partial charge in [-0.1, -0.05) is 60.7 Å². The number of ether oxygens (including phenoxy) is 1. The number of nitrogens with zero attached hydrogens (tertiary/aromatic N) is 1. The van der Waals surface area contributed by atoms with Crippen molar-refractivity contribution in [2.75, 3.05) is 7.11 Å². The average Bonchev–Trinajstić information content (AvgIpc) is 2.68. The fourth-order valence-electron chi connectivity index (χ4n) is 2.80. The van der Waals surface area contributed by atoms with E-state index in [0.29, 0.717) is 0 Å². The monoisotopic (exact) mass is 350 g/mol. The van der Waals surface area contributed by atoms with Gasteiger partial charge in [-0.3, -0.25) is 4.79 Å². The molecule has 0 aromatic heterocycles. The maximum absolute atomic E-state index is 13.0. The van der Waals surface area contributed by atoms with Gasteiger partial charge in [-0.25, -0.2) is 4.79 Å². The number of benzene rings is 2. The van der Waals surface area contributed by atoms with Crippen LogP contribution in [-0.2, 0) is 14.3 Å². The third-order valence-electron chi connectivity index (χ3n) is 4.14. The van der Waals surface area contributed by atoms with E-state index in [1.54, 1.807) is 6.92 Å². The lowest BCUT2D eigenvalue weighted by molar-refractivity contribution is -0.145. The third kappa shape index (κ3) is 4.93. The molecule has 2 aromatic carbocycles. The number of nitriles is 1. The van der Waals surface area contributed by atoms with Crippen LogP contribution in [0.25, 0.3) is 0 Å². The molecule has 26 heavy (non-hydrogen) atoms. The molecule has 0 saturated carbocycles. The van der Waals surface area contributed by atoms with Crippen LogP contribution < -0.4 is 5.32 Å². The number of esters is 1. The molecule has 0 bridgehead atoms. The zero-order chi connectivity index (χ0) is 18.9. The Morgan fingerprint density at radius 2 is 1.54 bits per heavy atom. The van der Waals surface area contributed by atoms with Gasteiger partial charge in [-0.05, 0) is 24.5 Å². The molecule has 0 fully saturated rings. The second-order valence-corrected chi connectivity index (χ2v) is 6.10. The molecule has 2 atom stereocenters. The van der Waals surface area contributed by atoms with Crippen molar-refractivity contribution in [3.63, 3.8) is 0 Å². The van der Waals surface area contributed by atoms with E-state index in [1.807, 2.05) is 60.7 Å². The summed E-state index contributed by atoms with van der Waals surface area (Å²) in [5.74, 6) is -1.79. The molecule has 0 saturated heterocycles. The first kappa shape index (κ1) is 19.2. The largest absolute Gasteiger partial charge is 0.467 e. The lowest BCUT2D eigenvalue weighted by atomic mass is 9.90. The number of nitrogens with one attached hydrogen (secondary N) is 1. The highest BCUT2D eigenvalue weighted by Gasteiger charge is 2.29. The first-order chi connectivity index (χ1) is 12.6. The van der Waals surface area contributed by atoms with Crippen LogP contribution in [0.5, 0.6) is 0 Å². The number of hydrogen-bond donors (Lipinski definition) is 1. The second kappa shape index (κ2) is 9.38. The molecule has 0 heterocycles. The van der Waals surface area contributed by atoms with Crippen LogP contribution in [0.2, 0.25) is 0 Å². The lowest BCUT2D eigenvalue weighted by Gasteiger charge is -2.22. The molecular formula is C21H22N2O3. The highest BCUT2D eigenvalue weighted by Crippen LogP contribution is 2.25. The Kier molecular flexibility index (Phi) is 6.92. The van der Waals surface area contributed by atoms with E-state index >= 15 is 0 Å². The van der Waals surface area contributed by atoms with E-state index in [1.165, 1.54) is 7.11 Å². The molecule has 0 aliphatic heterocycles. The Hall–Kier alpha value is -3.13. The molecule has 0 unspecified atom stereocenters. The Bertz CT molecular complexity index is 729. The Morgan fingerprint density at radius 1 is 1.04 bits per heavy atom. The summed E-state index contributed by atoms with van der Waals surface area (Å²) >= 11 is 0. The van der Waals surface area contributed by atoms with Gasteiger partial charge in [0.2, 0.25) is 5.91 Å². The number of carbonyl (C=O) groups is 2. The number of rotatable bonds is 7. The Balaban J connectivity index is 2.31. The molecule has 5 heteroatoms. The van der Waals surface area contributed by atoms with Gasteiger partial charge in [-0.2, -0.15) is 5.26 Å². The van der Waals surface area contributed by atoms with Crippen LogP contribution in [0.1, 0.15) is 30.4 Å². The summed E-state index contributed by atoms with van der Waals surface area (Å²) in [4.78, 5) is 25.1. The fraction of sp³-hybridized carbons (Fsp3) is 0.286. The molecule has 1 amide bonds. The van der Waals surface area contributed by atoms with Crippen molar-refractivity contribution in [1.82, 2.24) is 5.32 Å². The molecule has 0 radical (unpaired) electrons. The number of hydrogen-bond acceptors (Lipinski definition) is 4. The first-order valence-electron chi connectivity index (χ1n) is 8.44. The molecular weight excluding hydrogens is 328 g/mol. The zero-order valence-electron chi connectivity index (χ0n) is 14.9. The SMILES string of the molecule is COC(=O)[C@H](C[C@@H](C)C#N)NC(=O)C(c1ccccc1)c1ccccc1. The minimum Gasteiger partial charge on any atom is -0.467 e. The highest BCUT2D eigenvalue weighted by molar-refractivity contribution is 5.91. The Morgan fingerprint density at radius 3 is 1.96 bits per heavy atom. The molecule has 2 rings (SSSR count). The van der Waals surface area contributed by atoms with E-state index < -0.39 is 17.9 Å². The highest BCUT2D eigenvalue weighted by atomic mass is 16.5. The fourth-order valence-corrected chi connectivity index (χ4v) is 2.80. The van der Waals surface area contributed by atoms with Crippen molar-refractivity contribution in [2.24, 2.45) is 5.92 Å². The first-order valence-corrected chi connectivity index (χ1v) is 8.44. The van der Waals surface area contributed by atoms with Crippen molar-refractivity contribution in [2.45, 2.75) is 25.3 Å². The van der Waals surface area contributed by atoms with Crippen LogP contribution in [0, 0.1) is 17.2 Å². The van der Waals surface area contributed by atoms with Gasteiger partial charge < -0.3 is 10.1 Å². The molecule has 0 aliphatic carbocycles. The molecule has 0 aliphatic rings. The van der Waals surface area contributed by atoms with E-state index in [9.17, 15) is 9.59 Å². The minimum atomic E-state index is -0.864. The van der Waals surface area contributed by atoms with Gasteiger partial charge in [0.05, 0.1) is 19.1 Å². The number of carbonyl (C=O) groups excluding carboxylic acids is 2. The second-order valence-electron chi connectivity index (χ2n) is 6.10. The van der Waals surface area contributed by atoms with Gasteiger partial charge in [-0.15, -0.1) is 0 Å². The average molecular weight is 350 g/mol. The summed E-state index contributed by atoms with van der Waals surface area (Å²) in [5, 5.41) is 11.8. The lowest BCUT2D eigenvalue weighted by Crippen LogP contribution is -2.44. The number of amides is 1. The summed E-state index contributed by atoms with van der Waals surface area (Å²) in [5.41, 5.74) is 1.65. The smallest absolute Gasteiger partial charge is 0.328 e. The maximum Gasteiger partial charge on any atom is 0.328 e. The van der Waals surface area contributed by atoms with E-state index in [0.717, 1.165) is 11.1 Å². The molecule has 5 nitrogen and oxygen atoms in total.